The van der Waals surface area contributed by atoms with Gasteiger partial charge in [0.05, 0.1) is 5.69 Å². The van der Waals surface area contributed by atoms with Crippen molar-refractivity contribution in [3.63, 3.8) is 0 Å². The van der Waals surface area contributed by atoms with Crippen LogP contribution in [0.25, 0.3) is 39.3 Å². The molecule has 0 amide bonds. The molecule has 1 saturated heterocycles. The summed E-state index contributed by atoms with van der Waals surface area (Å²) in [7, 11) is 0. The van der Waals surface area contributed by atoms with Gasteiger partial charge >= 0.3 is 5.97 Å². The van der Waals surface area contributed by atoms with Crippen LogP contribution in [0.2, 0.25) is 0 Å². The van der Waals surface area contributed by atoms with E-state index in [1.165, 1.54) is 6.33 Å². The van der Waals surface area contributed by atoms with Crippen molar-refractivity contribution >= 4 is 22.7 Å². The van der Waals surface area contributed by atoms with Gasteiger partial charge in [0.15, 0.2) is 5.58 Å². The molecule has 35 heavy (non-hydrogen) atoms. The topological polar surface area (TPSA) is 96.8 Å². The Bertz CT molecular complexity index is 1540. The lowest BCUT2D eigenvalue weighted by atomic mass is 9.96. The maximum absolute atomic E-state index is 11.8. The highest BCUT2D eigenvalue weighted by atomic mass is 16.4. The van der Waals surface area contributed by atoms with E-state index in [4.69, 9.17) is 9.40 Å². The Kier molecular flexibility index (Phi) is 5.30. The lowest BCUT2D eigenvalue weighted by Gasteiger charge is -2.32. The molecule has 3 aromatic heterocycles. The third-order valence-corrected chi connectivity index (χ3v) is 6.89. The van der Waals surface area contributed by atoms with E-state index in [0.29, 0.717) is 35.6 Å². The number of piperidine rings is 1. The molecule has 4 heterocycles. The molecule has 1 unspecified atom stereocenters. The van der Waals surface area contributed by atoms with Crippen LogP contribution in [0.3, 0.4) is 0 Å². The molecule has 5 aromatic rings. The minimum Gasteiger partial charge on any atom is -0.480 e. The molecule has 1 aliphatic heterocycles. The van der Waals surface area contributed by atoms with E-state index in [9.17, 15) is 9.90 Å². The van der Waals surface area contributed by atoms with E-state index in [1.54, 1.807) is 4.52 Å². The Labute approximate surface area is 201 Å². The van der Waals surface area contributed by atoms with E-state index >= 15 is 0 Å². The standard InChI is InChI=1S/C27H25N5O3/c1-17-20(18-8-3-2-4-9-18)10-7-11-21(17)26-30-22-14-19(32-25(24(22)35-26)28-16-29-32)15-31-13-6-5-12-23(31)27(33)34/h2-4,7-11,14,16,23H,5-6,12-13,15H2,1H3,(H,33,34). The van der Waals surface area contributed by atoms with Crippen LogP contribution in [-0.2, 0) is 11.3 Å². The Morgan fingerprint density at radius 1 is 1.11 bits per heavy atom. The van der Waals surface area contributed by atoms with Crippen LogP contribution < -0.4 is 0 Å². The average molecular weight is 468 g/mol. The molecule has 1 fully saturated rings. The van der Waals surface area contributed by atoms with Crippen molar-refractivity contribution in [1.82, 2.24) is 24.5 Å². The summed E-state index contributed by atoms with van der Waals surface area (Å²) in [5.74, 6) is -0.253. The summed E-state index contributed by atoms with van der Waals surface area (Å²) >= 11 is 0. The molecule has 0 radical (unpaired) electrons. The van der Waals surface area contributed by atoms with Gasteiger partial charge < -0.3 is 9.52 Å². The minimum atomic E-state index is -0.780. The molecule has 0 spiro atoms. The average Bonchev–Trinajstić information content (AvgIpc) is 3.52. The molecule has 1 atom stereocenters. The number of likely N-dealkylation sites (tertiary alicyclic amines) is 1. The molecule has 0 saturated carbocycles. The van der Waals surface area contributed by atoms with Gasteiger partial charge in [0.25, 0.3) is 0 Å². The van der Waals surface area contributed by atoms with Crippen molar-refractivity contribution in [2.45, 2.75) is 38.8 Å². The fraction of sp³-hybridized carbons (Fsp3) is 0.259. The zero-order chi connectivity index (χ0) is 23.9. The van der Waals surface area contributed by atoms with E-state index in [0.717, 1.165) is 47.3 Å². The molecule has 6 rings (SSSR count). The van der Waals surface area contributed by atoms with Gasteiger partial charge in [0.2, 0.25) is 11.5 Å². The Morgan fingerprint density at radius 3 is 2.77 bits per heavy atom. The van der Waals surface area contributed by atoms with Gasteiger partial charge in [0.1, 0.15) is 17.9 Å². The number of hydrogen-bond acceptors (Lipinski definition) is 6. The van der Waals surface area contributed by atoms with Gasteiger partial charge in [0, 0.05) is 12.1 Å². The zero-order valence-electron chi connectivity index (χ0n) is 19.4. The molecule has 8 nitrogen and oxygen atoms in total. The highest BCUT2D eigenvalue weighted by Crippen LogP contribution is 2.34. The normalized spacial score (nSPS) is 16.8. The first kappa shape index (κ1) is 21.5. The van der Waals surface area contributed by atoms with Crippen LogP contribution in [-0.4, -0.2) is 48.1 Å². The van der Waals surface area contributed by atoms with Gasteiger partial charge in [-0.1, -0.05) is 48.9 Å². The maximum atomic E-state index is 11.8. The van der Waals surface area contributed by atoms with Crippen molar-refractivity contribution in [3.8, 4) is 22.6 Å². The largest absolute Gasteiger partial charge is 0.480 e. The third kappa shape index (κ3) is 3.76. The smallest absolute Gasteiger partial charge is 0.320 e. The highest BCUT2D eigenvalue weighted by Gasteiger charge is 2.29. The third-order valence-electron chi connectivity index (χ3n) is 6.89. The summed E-state index contributed by atoms with van der Waals surface area (Å²) in [5, 5.41) is 14.1. The number of pyridine rings is 1. The number of nitrogens with zero attached hydrogens (tertiary/aromatic N) is 5. The molecule has 0 bridgehead atoms. The predicted molar refractivity (Wildman–Crippen MR) is 132 cm³/mol. The number of rotatable bonds is 5. The fourth-order valence-electron chi connectivity index (χ4n) is 5.11. The van der Waals surface area contributed by atoms with Crippen molar-refractivity contribution in [1.29, 1.82) is 0 Å². The number of fused-ring (bicyclic) bond motifs is 3. The predicted octanol–water partition coefficient (Wildman–Crippen LogP) is 4.95. The Balaban J connectivity index is 1.43. The van der Waals surface area contributed by atoms with Gasteiger partial charge in [-0.05, 0) is 55.1 Å². The second kappa shape index (κ2) is 8.63. The van der Waals surface area contributed by atoms with Crippen molar-refractivity contribution < 1.29 is 14.3 Å². The molecule has 1 aliphatic rings. The number of benzene rings is 2. The fourth-order valence-corrected chi connectivity index (χ4v) is 5.11. The van der Waals surface area contributed by atoms with Crippen molar-refractivity contribution in [2.75, 3.05) is 6.54 Å². The Hall–Kier alpha value is -4.04. The molecule has 1 N–H and O–H groups in total. The summed E-state index contributed by atoms with van der Waals surface area (Å²) in [6.45, 7) is 3.27. The van der Waals surface area contributed by atoms with Crippen LogP contribution in [0, 0.1) is 6.92 Å². The van der Waals surface area contributed by atoms with Crippen LogP contribution in [0.15, 0.2) is 65.3 Å². The summed E-state index contributed by atoms with van der Waals surface area (Å²) in [4.78, 5) is 23.1. The number of carboxylic acids is 1. The van der Waals surface area contributed by atoms with Crippen LogP contribution in [0.4, 0.5) is 0 Å². The second-order valence-electron chi connectivity index (χ2n) is 9.03. The summed E-state index contributed by atoms with van der Waals surface area (Å²) in [6, 6.07) is 17.8. The quantitative estimate of drug-likeness (QED) is 0.390. The number of carboxylic acid groups (broad SMARTS) is 1. The molecular formula is C27H25N5O3. The van der Waals surface area contributed by atoms with Gasteiger partial charge in [-0.15, -0.1) is 0 Å². The van der Waals surface area contributed by atoms with Crippen molar-refractivity contribution in [3.05, 3.63) is 72.2 Å². The SMILES string of the molecule is Cc1c(-c2ccccc2)cccc1-c1nc2cc(CN3CCCCC3C(=O)O)n3ncnc3c2o1. The number of aliphatic carboxylic acids is 1. The van der Waals surface area contributed by atoms with Crippen molar-refractivity contribution in [2.24, 2.45) is 0 Å². The number of hydrogen-bond donors (Lipinski definition) is 1. The first-order valence-corrected chi connectivity index (χ1v) is 11.8. The lowest BCUT2D eigenvalue weighted by Crippen LogP contribution is -2.44. The van der Waals surface area contributed by atoms with Crippen LogP contribution >= 0.6 is 0 Å². The number of aromatic nitrogens is 4. The van der Waals surface area contributed by atoms with Crippen LogP contribution in [0.1, 0.15) is 30.5 Å². The molecule has 0 aliphatic carbocycles. The van der Waals surface area contributed by atoms with Gasteiger partial charge in [-0.3, -0.25) is 9.69 Å². The summed E-state index contributed by atoms with van der Waals surface area (Å²) < 4.78 is 7.99. The monoisotopic (exact) mass is 467 g/mol. The molecule has 8 heteroatoms. The van der Waals surface area contributed by atoms with Gasteiger partial charge in [-0.2, -0.15) is 5.10 Å². The lowest BCUT2D eigenvalue weighted by molar-refractivity contribution is -0.144. The first-order valence-electron chi connectivity index (χ1n) is 11.8. The van der Waals surface area contributed by atoms with Crippen LogP contribution in [0.5, 0.6) is 0 Å². The maximum Gasteiger partial charge on any atom is 0.320 e. The van der Waals surface area contributed by atoms with E-state index in [1.807, 2.05) is 41.3 Å². The Morgan fingerprint density at radius 2 is 1.94 bits per heavy atom. The molecule has 176 valence electrons. The minimum absolute atomic E-state index is 0.456. The second-order valence-corrected chi connectivity index (χ2v) is 9.03. The first-order chi connectivity index (χ1) is 17.1. The van der Waals surface area contributed by atoms with E-state index in [2.05, 4.69) is 35.2 Å². The molecule has 2 aromatic carbocycles. The number of oxazole rings is 1. The summed E-state index contributed by atoms with van der Waals surface area (Å²) in [6.07, 6.45) is 4.06. The van der Waals surface area contributed by atoms with E-state index in [-0.39, 0.29) is 0 Å². The summed E-state index contributed by atoms with van der Waals surface area (Å²) in [5.41, 5.74) is 6.94. The highest BCUT2D eigenvalue weighted by molar-refractivity contribution is 5.89. The molecular weight excluding hydrogens is 442 g/mol. The zero-order valence-corrected chi connectivity index (χ0v) is 19.4. The van der Waals surface area contributed by atoms with Gasteiger partial charge in [-0.25, -0.2) is 14.5 Å². The van der Waals surface area contributed by atoms with E-state index < -0.39 is 12.0 Å². The number of carbonyl (C=O) groups is 1.